The third-order valence-electron chi connectivity index (χ3n) is 4.60. The van der Waals surface area contributed by atoms with Crippen molar-refractivity contribution in [2.24, 2.45) is 0 Å². The van der Waals surface area contributed by atoms with E-state index in [2.05, 4.69) is 22.4 Å². The number of ether oxygens (including phenoxy) is 1. The van der Waals surface area contributed by atoms with Gasteiger partial charge in [0, 0.05) is 41.7 Å². The van der Waals surface area contributed by atoms with Gasteiger partial charge in [-0.3, -0.25) is 0 Å². The molecule has 0 unspecified atom stereocenters. The van der Waals surface area contributed by atoms with Crippen molar-refractivity contribution in [1.82, 2.24) is 9.88 Å². The molecule has 5 heteroatoms. The van der Waals surface area contributed by atoms with Gasteiger partial charge < -0.3 is 19.9 Å². The van der Waals surface area contributed by atoms with Crippen LogP contribution in [-0.2, 0) is 13.0 Å². The molecule has 0 spiro atoms. The lowest BCUT2D eigenvalue weighted by Gasteiger charge is -2.27. The fourth-order valence-corrected chi connectivity index (χ4v) is 3.39. The number of urea groups is 1. The topological polar surface area (TPSA) is 57.4 Å². The van der Waals surface area contributed by atoms with Gasteiger partial charge in [-0.1, -0.05) is 30.3 Å². The lowest BCUT2D eigenvalue weighted by molar-refractivity contribution is 0.206. The number of rotatable bonds is 3. The summed E-state index contributed by atoms with van der Waals surface area (Å²) in [5, 5.41) is 4.19. The Kier molecular flexibility index (Phi) is 4.06. The Labute approximate surface area is 146 Å². The highest BCUT2D eigenvalue weighted by molar-refractivity contribution is 5.92. The summed E-state index contributed by atoms with van der Waals surface area (Å²) in [4.78, 5) is 18.1. The fourth-order valence-electron chi connectivity index (χ4n) is 3.39. The van der Waals surface area contributed by atoms with Gasteiger partial charge in [0.05, 0.1) is 12.3 Å². The molecular weight excluding hydrogens is 314 g/mol. The number of nitrogens with zero attached hydrogens (tertiary/aromatic N) is 1. The minimum atomic E-state index is -0.0944. The lowest BCUT2D eigenvalue weighted by atomic mass is 10.0. The van der Waals surface area contributed by atoms with E-state index in [1.165, 1.54) is 16.6 Å². The summed E-state index contributed by atoms with van der Waals surface area (Å²) in [5.41, 5.74) is 4.30. The van der Waals surface area contributed by atoms with Crippen LogP contribution in [0, 0.1) is 0 Å². The quantitative estimate of drug-likeness (QED) is 0.755. The number of fused-ring (bicyclic) bond motifs is 3. The normalized spacial score (nSPS) is 13.6. The molecule has 2 aromatic carbocycles. The number of benzene rings is 2. The Morgan fingerprint density at radius 1 is 1.20 bits per heavy atom. The summed E-state index contributed by atoms with van der Waals surface area (Å²) >= 11 is 0. The van der Waals surface area contributed by atoms with Crippen LogP contribution < -0.4 is 10.1 Å². The molecule has 0 saturated carbocycles. The molecule has 2 amide bonds. The van der Waals surface area contributed by atoms with E-state index >= 15 is 0 Å². The summed E-state index contributed by atoms with van der Waals surface area (Å²) in [6, 6.07) is 15.7. The Balaban J connectivity index is 1.54. The van der Waals surface area contributed by atoms with Crippen LogP contribution in [-0.4, -0.2) is 29.1 Å². The van der Waals surface area contributed by atoms with Gasteiger partial charge in [0.2, 0.25) is 0 Å². The molecule has 1 aliphatic heterocycles. The van der Waals surface area contributed by atoms with E-state index in [1.807, 2.05) is 48.2 Å². The first kappa shape index (κ1) is 15.6. The fraction of sp³-hybridized carbons (Fsp3) is 0.250. The molecular formula is C20H21N3O2. The van der Waals surface area contributed by atoms with Crippen molar-refractivity contribution >= 4 is 22.6 Å². The van der Waals surface area contributed by atoms with E-state index in [0.29, 0.717) is 31.1 Å². The number of aromatic amines is 1. The van der Waals surface area contributed by atoms with Crippen LogP contribution >= 0.6 is 0 Å². The number of hydrogen-bond acceptors (Lipinski definition) is 2. The summed E-state index contributed by atoms with van der Waals surface area (Å²) in [7, 11) is 0. The van der Waals surface area contributed by atoms with Crippen LogP contribution in [0.4, 0.5) is 10.5 Å². The van der Waals surface area contributed by atoms with Gasteiger partial charge >= 0.3 is 6.03 Å². The molecule has 0 saturated heterocycles. The average Bonchev–Trinajstić information content (AvgIpc) is 3.01. The zero-order valence-electron chi connectivity index (χ0n) is 14.2. The van der Waals surface area contributed by atoms with Crippen molar-refractivity contribution in [1.29, 1.82) is 0 Å². The third-order valence-corrected chi connectivity index (χ3v) is 4.60. The lowest BCUT2D eigenvalue weighted by Crippen LogP contribution is -2.38. The first-order chi connectivity index (χ1) is 12.3. The van der Waals surface area contributed by atoms with Gasteiger partial charge in [-0.2, -0.15) is 0 Å². The SMILES string of the molecule is CCOc1ccccc1NC(=O)N1CCc2[nH]c3ccccc3c2C1. The van der Waals surface area contributed by atoms with Crippen LogP contribution in [0.5, 0.6) is 5.75 Å². The van der Waals surface area contributed by atoms with Gasteiger partial charge in [0.25, 0.3) is 0 Å². The highest BCUT2D eigenvalue weighted by Crippen LogP contribution is 2.29. The molecule has 2 N–H and O–H groups in total. The summed E-state index contributed by atoms with van der Waals surface area (Å²) in [6.45, 7) is 3.81. The maximum Gasteiger partial charge on any atom is 0.322 e. The van der Waals surface area contributed by atoms with Gasteiger partial charge in [0.15, 0.2) is 0 Å². The molecule has 0 fully saturated rings. The largest absolute Gasteiger partial charge is 0.492 e. The van der Waals surface area contributed by atoms with E-state index in [1.54, 1.807) is 0 Å². The molecule has 1 aromatic heterocycles. The number of amides is 2. The standard InChI is InChI=1S/C20H21N3O2/c1-2-25-19-10-6-5-9-18(19)22-20(24)23-12-11-17-15(13-23)14-7-3-4-8-16(14)21-17/h3-10,21H,2,11-13H2,1H3,(H,22,24). The molecule has 0 atom stereocenters. The van der Waals surface area contributed by atoms with E-state index in [0.717, 1.165) is 11.9 Å². The molecule has 2 heterocycles. The van der Waals surface area contributed by atoms with Gasteiger partial charge in [-0.05, 0) is 25.1 Å². The number of anilines is 1. The van der Waals surface area contributed by atoms with Crippen LogP contribution in [0.2, 0.25) is 0 Å². The number of H-pyrrole nitrogens is 1. The van der Waals surface area contributed by atoms with E-state index in [4.69, 9.17) is 4.74 Å². The van der Waals surface area contributed by atoms with Crippen molar-refractivity contribution < 1.29 is 9.53 Å². The number of carbonyl (C=O) groups is 1. The van der Waals surface area contributed by atoms with Crippen molar-refractivity contribution in [2.45, 2.75) is 19.9 Å². The van der Waals surface area contributed by atoms with E-state index in [9.17, 15) is 4.79 Å². The second-order valence-electron chi connectivity index (χ2n) is 6.16. The smallest absolute Gasteiger partial charge is 0.322 e. The first-order valence-corrected chi connectivity index (χ1v) is 8.62. The molecule has 1 aliphatic rings. The molecule has 0 radical (unpaired) electrons. The van der Waals surface area contributed by atoms with Crippen LogP contribution in [0.25, 0.3) is 10.9 Å². The van der Waals surface area contributed by atoms with Crippen molar-refractivity contribution in [2.75, 3.05) is 18.5 Å². The number of carbonyl (C=O) groups excluding carboxylic acids is 1. The monoisotopic (exact) mass is 335 g/mol. The van der Waals surface area contributed by atoms with Crippen LogP contribution in [0.1, 0.15) is 18.2 Å². The molecule has 25 heavy (non-hydrogen) atoms. The maximum atomic E-state index is 12.7. The van der Waals surface area contributed by atoms with Gasteiger partial charge in [-0.15, -0.1) is 0 Å². The zero-order valence-corrected chi connectivity index (χ0v) is 14.2. The molecule has 0 bridgehead atoms. The predicted octanol–water partition coefficient (Wildman–Crippen LogP) is 4.16. The minimum absolute atomic E-state index is 0.0944. The maximum absolute atomic E-state index is 12.7. The Morgan fingerprint density at radius 2 is 2.00 bits per heavy atom. The number of hydrogen-bond donors (Lipinski definition) is 2. The first-order valence-electron chi connectivity index (χ1n) is 8.62. The van der Waals surface area contributed by atoms with Gasteiger partial charge in [-0.25, -0.2) is 4.79 Å². The zero-order chi connectivity index (χ0) is 17.2. The second-order valence-corrected chi connectivity index (χ2v) is 6.16. The van der Waals surface area contributed by atoms with Crippen LogP contribution in [0.15, 0.2) is 48.5 Å². The second kappa shape index (κ2) is 6.51. The van der Waals surface area contributed by atoms with Crippen molar-refractivity contribution in [3.05, 3.63) is 59.8 Å². The minimum Gasteiger partial charge on any atom is -0.492 e. The third kappa shape index (κ3) is 2.93. The number of aromatic nitrogens is 1. The predicted molar refractivity (Wildman–Crippen MR) is 99.0 cm³/mol. The molecule has 5 nitrogen and oxygen atoms in total. The van der Waals surface area contributed by atoms with Gasteiger partial charge in [0.1, 0.15) is 5.75 Å². The Hall–Kier alpha value is -2.95. The summed E-state index contributed by atoms with van der Waals surface area (Å²) < 4.78 is 5.59. The Bertz CT molecular complexity index is 916. The van der Waals surface area contributed by atoms with E-state index < -0.39 is 0 Å². The summed E-state index contributed by atoms with van der Waals surface area (Å²) in [6.07, 6.45) is 0.838. The van der Waals surface area contributed by atoms with Crippen molar-refractivity contribution in [3.63, 3.8) is 0 Å². The highest BCUT2D eigenvalue weighted by atomic mass is 16.5. The van der Waals surface area contributed by atoms with Crippen LogP contribution in [0.3, 0.4) is 0 Å². The average molecular weight is 335 g/mol. The summed E-state index contributed by atoms with van der Waals surface area (Å²) in [5.74, 6) is 0.697. The molecule has 128 valence electrons. The number of para-hydroxylation sites is 3. The highest BCUT2D eigenvalue weighted by Gasteiger charge is 2.24. The molecule has 4 rings (SSSR count). The molecule has 3 aromatic rings. The van der Waals surface area contributed by atoms with Crippen molar-refractivity contribution in [3.8, 4) is 5.75 Å². The number of nitrogens with one attached hydrogen (secondary N) is 2. The Morgan fingerprint density at radius 3 is 2.88 bits per heavy atom. The van der Waals surface area contributed by atoms with E-state index in [-0.39, 0.29) is 6.03 Å². The molecule has 0 aliphatic carbocycles.